The molecular weight excluding hydrogens is 701 g/mol. The summed E-state index contributed by atoms with van der Waals surface area (Å²) in [6, 6.07) is 53.7. The molecule has 5 atom stereocenters. The Bertz CT molecular complexity index is 2840. The van der Waals surface area contributed by atoms with Gasteiger partial charge in [0.05, 0.1) is 28.3 Å². The van der Waals surface area contributed by atoms with E-state index in [1.165, 1.54) is 27.5 Å². The zero-order valence-electron chi connectivity index (χ0n) is 30.6. The van der Waals surface area contributed by atoms with Gasteiger partial charge in [-0.15, -0.1) is 11.8 Å². The normalized spacial score (nSPS) is 22.3. The van der Waals surface area contributed by atoms with Crippen molar-refractivity contribution < 1.29 is 0 Å². The molecule has 0 amide bonds. The fourth-order valence-electron chi connectivity index (χ4n) is 8.84. The van der Waals surface area contributed by atoms with Gasteiger partial charge >= 0.3 is 0 Å². The van der Waals surface area contributed by atoms with E-state index in [1.54, 1.807) is 0 Å². The fourth-order valence-corrected chi connectivity index (χ4v) is 10.6. The SMILES string of the molecule is C1=CC2SC3C(n4c5ccccc5c5ccc(C6=NC(c7cccc(-c8ccccc8)c7)[N-]C(c7cccc(-c8ccccc8)c7)=N6)cc54)=CC=CC3C2C=C1. The lowest BCUT2D eigenvalue weighted by Gasteiger charge is -2.33. The molecule has 0 N–H and O–H groups in total. The van der Waals surface area contributed by atoms with E-state index < -0.39 is 6.17 Å². The highest BCUT2D eigenvalue weighted by Crippen LogP contribution is 2.52. The number of amidine groups is 2. The molecule has 5 unspecified atom stereocenters. The zero-order chi connectivity index (χ0) is 37.0. The van der Waals surface area contributed by atoms with E-state index in [9.17, 15) is 0 Å². The maximum Gasteiger partial charge on any atom is 0.0822 e. The summed E-state index contributed by atoms with van der Waals surface area (Å²) in [5, 5.41) is 8.56. The van der Waals surface area contributed by atoms with Gasteiger partial charge in [0.2, 0.25) is 0 Å². The van der Waals surface area contributed by atoms with Crippen LogP contribution in [0.15, 0.2) is 204 Å². The molecule has 7 aromatic rings. The first kappa shape index (κ1) is 33.0. The Kier molecular flexibility index (Phi) is 8.06. The second-order valence-electron chi connectivity index (χ2n) is 14.8. The Morgan fingerprint density at radius 1 is 0.518 bits per heavy atom. The lowest BCUT2D eigenvalue weighted by Crippen LogP contribution is -2.23. The minimum Gasteiger partial charge on any atom is -0.438 e. The lowest BCUT2D eigenvalue weighted by molar-refractivity contribution is 0.527. The predicted octanol–water partition coefficient (Wildman–Crippen LogP) is 12.7. The van der Waals surface area contributed by atoms with Crippen LogP contribution >= 0.6 is 11.8 Å². The van der Waals surface area contributed by atoms with E-state index in [2.05, 4.69) is 211 Å². The van der Waals surface area contributed by atoms with Crippen molar-refractivity contribution in [3.63, 3.8) is 0 Å². The second-order valence-corrected chi connectivity index (χ2v) is 16.2. The first-order chi connectivity index (χ1) is 27.7. The van der Waals surface area contributed by atoms with Crippen LogP contribution in [0.25, 0.3) is 55.1 Å². The third-order valence-electron chi connectivity index (χ3n) is 11.5. The molecule has 0 bridgehead atoms. The van der Waals surface area contributed by atoms with E-state index >= 15 is 0 Å². The fraction of sp³-hybridized carbons (Fsp3) is 0.0980. The number of thioether (sulfide) groups is 1. The van der Waals surface area contributed by atoms with Gasteiger partial charge in [-0.1, -0.05) is 170 Å². The number of hydrogen-bond acceptors (Lipinski definition) is 3. The van der Waals surface area contributed by atoms with Crippen molar-refractivity contribution in [1.82, 2.24) is 4.57 Å². The molecule has 4 aliphatic rings. The zero-order valence-corrected chi connectivity index (χ0v) is 31.4. The van der Waals surface area contributed by atoms with Gasteiger partial charge in [-0.05, 0) is 69.3 Å². The monoisotopic (exact) mass is 737 g/mol. The summed E-state index contributed by atoms with van der Waals surface area (Å²) in [6.07, 6.45) is 15.8. The second kappa shape index (κ2) is 13.7. The van der Waals surface area contributed by atoms with Crippen LogP contribution in [0.4, 0.5) is 0 Å². The number of para-hydroxylation sites is 1. The molecule has 268 valence electrons. The number of allylic oxidation sites excluding steroid dienone is 6. The summed E-state index contributed by atoms with van der Waals surface area (Å²) in [5.41, 5.74) is 11.3. The van der Waals surface area contributed by atoms with Crippen molar-refractivity contribution in [3.8, 4) is 22.3 Å². The number of aliphatic imine (C=N–C) groups is 2. The van der Waals surface area contributed by atoms with E-state index in [4.69, 9.17) is 15.3 Å². The molecule has 4 nitrogen and oxygen atoms in total. The van der Waals surface area contributed by atoms with E-state index in [1.807, 2.05) is 0 Å². The molecule has 56 heavy (non-hydrogen) atoms. The number of hydrogen-bond donors (Lipinski definition) is 0. The molecule has 1 saturated heterocycles. The minimum absolute atomic E-state index is 0.346. The Balaban J connectivity index is 1.06. The highest BCUT2D eigenvalue weighted by Gasteiger charge is 2.44. The van der Waals surface area contributed by atoms with Gasteiger partial charge in [-0.2, -0.15) is 0 Å². The molecule has 0 saturated carbocycles. The van der Waals surface area contributed by atoms with E-state index in [0.717, 1.165) is 38.9 Å². The summed E-state index contributed by atoms with van der Waals surface area (Å²) in [4.78, 5) is 10.6. The molecule has 0 spiro atoms. The topological polar surface area (TPSA) is 43.8 Å². The van der Waals surface area contributed by atoms with Gasteiger partial charge in [0.1, 0.15) is 0 Å². The van der Waals surface area contributed by atoms with Gasteiger partial charge < -0.3 is 14.9 Å². The Hall–Kier alpha value is -6.43. The average molecular weight is 738 g/mol. The number of rotatable bonds is 6. The Morgan fingerprint density at radius 3 is 2.04 bits per heavy atom. The van der Waals surface area contributed by atoms with Crippen molar-refractivity contribution in [2.45, 2.75) is 16.7 Å². The van der Waals surface area contributed by atoms with Crippen molar-refractivity contribution in [1.29, 1.82) is 0 Å². The van der Waals surface area contributed by atoms with Crippen molar-refractivity contribution in [2.75, 3.05) is 0 Å². The Labute approximate surface area is 331 Å². The van der Waals surface area contributed by atoms with Gasteiger partial charge in [0, 0.05) is 33.6 Å². The highest BCUT2D eigenvalue weighted by atomic mass is 32.2. The molecule has 0 radical (unpaired) electrons. The number of aromatic nitrogens is 1. The molecule has 1 aromatic heterocycles. The summed E-state index contributed by atoms with van der Waals surface area (Å²) in [5.74, 6) is 2.31. The molecule has 1 fully saturated rings. The van der Waals surface area contributed by atoms with Gasteiger partial charge in [0.25, 0.3) is 0 Å². The summed E-state index contributed by atoms with van der Waals surface area (Å²) < 4.78 is 2.51. The average Bonchev–Trinajstić information content (AvgIpc) is 3.83. The largest absolute Gasteiger partial charge is 0.438 e. The van der Waals surface area contributed by atoms with Gasteiger partial charge in [-0.3, -0.25) is 4.99 Å². The quantitative estimate of drug-likeness (QED) is 0.168. The third-order valence-corrected chi connectivity index (χ3v) is 13.2. The minimum atomic E-state index is -0.464. The van der Waals surface area contributed by atoms with Crippen molar-refractivity contribution in [3.05, 3.63) is 216 Å². The molecule has 2 aliphatic heterocycles. The van der Waals surface area contributed by atoms with Crippen LogP contribution in [-0.4, -0.2) is 26.7 Å². The van der Waals surface area contributed by atoms with Crippen molar-refractivity contribution >= 4 is 50.9 Å². The van der Waals surface area contributed by atoms with Crippen LogP contribution in [0.3, 0.4) is 0 Å². The first-order valence-corrected chi connectivity index (χ1v) is 20.3. The van der Waals surface area contributed by atoms with Gasteiger partial charge in [0.15, 0.2) is 0 Å². The number of benzene rings is 6. The predicted molar refractivity (Wildman–Crippen MR) is 236 cm³/mol. The highest BCUT2D eigenvalue weighted by molar-refractivity contribution is 8.01. The van der Waals surface area contributed by atoms with Crippen LogP contribution in [0, 0.1) is 11.8 Å². The maximum atomic E-state index is 5.33. The molecule has 6 aromatic carbocycles. The van der Waals surface area contributed by atoms with Crippen molar-refractivity contribution in [2.24, 2.45) is 21.8 Å². The van der Waals surface area contributed by atoms with E-state index in [-0.39, 0.29) is 0 Å². The van der Waals surface area contributed by atoms with Gasteiger partial charge in [-0.25, -0.2) is 0 Å². The van der Waals surface area contributed by atoms with Crippen LogP contribution in [0.5, 0.6) is 0 Å². The smallest absolute Gasteiger partial charge is 0.0822 e. The molecule has 5 heteroatoms. The standard InChI is InChI=1S/C51H37N4S/c1-3-14-33(15-4-1)35-18-11-20-37(30-35)49-52-50(38-21-12-19-36(31-38)34-16-5-2-6-17-34)54-51(53-49)39-28-29-41-40-22-7-9-25-44(40)55(46(41)32-39)45-26-13-24-43-42-23-8-10-27-47(42)56-48(43)45/h1-32,42-43,47-49H/q-1. The van der Waals surface area contributed by atoms with Crippen LogP contribution in [0.2, 0.25) is 0 Å². The number of nitrogens with zero attached hydrogens (tertiary/aromatic N) is 4. The van der Waals surface area contributed by atoms with Crippen LogP contribution in [0.1, 0.15) is 22.9 Å². The van der Waals surface area contributed by atoms with Crippen LogP contribution < -0.4 is 0 Å². The van der Waals surface area contributed by atoms with Crippen LogP contribution in [-0.2, 0) is 0 Å². The lowest BCUT2D eigenvalue weighted by atomic mass is 9.82. The molecule has 11 rings (SSSR count). The Morgan fingerprint density at radius 2 is 1.20 bits per heavy atom. The maximum absolute atomic E-state index is 5.33. The first-order valence-electron chi connectivity index (χ1n) is 19.4. The molecule has 2 aliphatic carbocycles. The summed E-state index contributed by atoms with van der Waals surface area (Å²) in [6.45, 7) is 0. The third kappa shape index (κ3) is 5.70. The number of fused-ring (bicyclic) bond motifs is 6. The summed E-state index contributed by atoms with van der Waals surface area (Å²) >= 11 is 2.09. The summed E-state index contributed by atoms with van der Waals surface area (Å²) in [7, 11) is 0. The molecular formula is C51H37N4S-. The molecule has 3 heterocycles. The van der Waals surface area contributed by atoms with E-state index in [0.29, 0.717) is 34.0 Å².